The highest BCUT2D eigenvalue weighted by Crippen LogP contribution is 2.26. The summed E-state index contributed by atoms with van der Waals surface area (Å²) in [6.45, 7) is 10.1. The van der Waals surface area contributed by atoms with Gasteiger partial charge in [-0.2, -0.15) is 0 Å². The van der Waals surface area contributed by atoms with Crippen molar-refractivity contribution in [1.82, 2.24) is 19.8 Å². The first-order valence-electron chi connectivity index (χ1n) is 7.67. The van der Waals surface area contributed by atoms with Crippen LogP contribution in [-0.2, 0) is 31.4 Å². The van der Waals surface area contributed by atoms with E-state index in [2.05, 4.69) is 36.1 Å². The Kier molecular flexibility index (Phi) is 5.14. The second kappa shape index (κ2) is 6.64. The van der Waals surface area contributed by atoms with Crippen LogP contribution in [0, 0.1) is 0 Å². The predicted molar refractivity (Wildman–Crippen MR) is 88.4 cm³/mol. The van der Waals surface area contributed by atoms with E-state index in [-0.39, 0.29) is 24.2 Å². The summed E-state index contributed by atoms with van der Waals surface area (Å²) in [5.74, 6) is -0.136. The molecular formula is C15H23N4O4S-. The van der Waals surface area contributed by atoms with Crippen LogP contribution in [0.1, 0.15) is 52.6 Å². The molecule has 134 valence electrons. The lowest BCUT2D eigenvalue weighted by atomic mass is 9.93. The number of aromatic nitrogens is 4. The molecule has 1 N–H and O–H groups in total. The number of hydrogen-bond donors (Lipinski definition) is 1. The Hall–Kier alpha value is -1.74. The van der Waals surface area contributed by atoms with Crippen molar-refractivity contribution in [2.75, 3.05) is 12.4 Å². The number of hydrogen-bond acceptors (Lipinski definition) is 6. The number of rotatable bonds is 6. The second-order valence-corrected chi connectivity index (χ2v) is 8.46. The van der Waals surface area contributed by atoms with Gasteiger partial charge in [0.25, 0.3) is 0 Å². The number of esters is 1. The predicted octanol–water partition coefficient (Wildman–Crippen LogP) is 1.44. The number of ether oxygens (including phenoxy) is 1. The molecule has 0 aliphatic rings. The third-order valence-electron chi connectivity index (χ3n) is 3.67. The van der Waals surface area contributed by atoms with E-state index >= 15 is 0 Å². The number of nitrogens with zero attached hydrogens (tertiary/aromatic N) is 3. The van der Waals surface area contributed by atoms with E-state index in [4.69, 9.17) is 4.74 Å². The molecule has 0 amide bonds. The lowest BCUT2D eigenvalue weighted by Gasteiger charge is -2.22. The highest BCUT2D eigenvalue weighted by Gasteiger charge is 2.30. The fourth-order valence-corrected chi connectivity index (χ4v) is 2.50. The normalized spacial score (nSPS) is 14.1. The first-order chi connectivity index (χ1) is 11.0. The summed E-state index contributed by atoms with van der Waals surface area (Å²) >= 11 is -2.25. The van der Waals surface area contributed by atoms with Gasteiger partial charge in [0.1, 0.15) is 6.61 Å². The lowest BCUT2D eigenvalue weighted by Crippen LogP contribution is -2.29. The first-order valence-corrected chi connectivity index (χ1v) is 8.92. The zero-order valence-corrected chi connectivity index (χ0v) is 15.4. The van der Waals surface area contributed by atoms with Crippen LogP contribution in [0.4, 0.5) is 0 Å². The van der Waals surface area contributed by atoms with Gasteiger partial charge in [0.15, 0.2) is 11.5 Å². The minimum atomic E-state index is -2.25. The maximum Gasteiger partial charge on any atom is 0.306 e. The van der Waals surface area contributed by atoms with E-state index in [9.17, 15) is 13.6 Å². The minimum Gasteiger partial charge on any atom is -0.772 e. The van der Waals surface area contributed by atoms with Crippen LogP contribution in [-0.4, -0.2) is 46.9 Å². The SMILES string of the molecule is CC(C)(C)c1cc2nnc(C(C)(C)COC(=O)CCS(=O)[O-])n2[nH]1. The van der Waals surface area contributed by atoms with Gasteiger partial charge < -0.3 is 9.29 Å². The molecule has 2 aromatic heterocycles. The van der Waals surface area contributed by atoms with Crippen LogP contribution in [0.3, 0.4) is 0 Å². The summed E-state index contributed by atoms with van der Waals surface area (Å²) in [4.78, 5) is 11.6. The molecule has 8 nitrogen and oxygen atoms in total. The fraction of sp³-hybridized carbons (Fsp3) is 0.667. The molecule has 24 heavy (non-hydrogen) atoms. The Bertz CT molecular complexity index is 757. The molecule has 0 aliphatic carbocycles. The summed E-state index contributed by atoms with van der Waals surface area (Å²) in [6.07, 6.45) is -0.155. The van der Waals surface area contributed by atoms with Crippen LogP contribution in [0.25, 0.3) is 5.65 Å². The molecule has 0 aliphatic heterocycles. The van der Waals surface area contributed by atoms with E-state index < -0.39 is 22.5 Å². The second-order valence-electron chi connectivity index (χ2n) is 7.44. The third-order valence-corrected chi connectivity index (χ3v) is 4.21. The van der Waals surface area contributed by atoms with E-state index in [1.54, 1.807) is 4.52 Å². The van der Waals surface area contributed by atoms with Gasteiger partial charge in [0.05, 0.1) is 11.8 Å². The van der Waals surface area contributed by atoms with Crippen molar-refractivity contribution >= 4 is 22.7 Å². The number of carbonyl (C=O) groups is 1. The van der Waals surface area contributed by atoms with Crippen molar-refractivity contribution in [2.24, 2.45) is 0 Å². The molecule has 2 heterocycles. The van der Waals surface area contributed by atoms with E-state index in [0.29, 0.717) is 11.5 Å². The summed E-state index contributed by atoms with van der Waals surface area (Å²) in [5, 5.41) is 11.6. The molecule has 1 unspecified atom stereocenters. The summed E-state index contributed by atoms with van der Waals surface area (Å²) in [5.41, 5.74) is 1.10. The lowest BCUT2D eigenvalue weighted by molar-refractivity contribution is -0.144. The molecule has 0 bridgehead atoms. The summed E-state index contributed by atoms with van der Waals surface area (Å²) in [7, 11) is 0. The van der Waals surface area contributed by atoms with Crippen LogP contribution in [0.15, 0.2) is 6.07 Å². The van der Waals surface area contributed by atoms with Crippen LogP contribution in [0.5, 0.6) is 0 Å². The molecule has 9 heteroatoms. The molecule has 2 rings (SSSR count). The summed E-state index contributed by atoms with van der Waals surface area (Å²) < 4.78 is 28.0. The minimum absolute atomic E-state index is 0.0530. The zero-order valence-electron chi connectivity index (χ0n) is 14.6. The van der Waals surface area contributed by atoms with Gasteiger partial charge >= 0.3 is 5.97 Å². The molecule has 0 spiro atoms. The first kappa shape index (κ1) is 18.6. The van der Waals surface area contributed by atoms with Crippen molar-refractivity contribution in [3.63, 3.8) is 0 Å². The standard InChI is InChI=1S/C15H24N4O4S/c1-14(2,3)10-8-11-16-17-13(19(11)18-10)15(4,5)9-23-12(20)6-7-24(21)22/h8,18H,6-7,9H2,1-5H3,(H,21,22)/p-1. The van der Waals surface area contributed by atoms with E-state index in [1.807, 2.05) is 19.9 Å². The molecular weight excluding hydrogens is 332 g/mol. The van der Waals surface area contributed by atoms with Crippen molar-refractivity contribution in [3.05, 3.63) is 17.6 Å². The zero-order chi connectivity index (χ0) is 18.1. The fourth-order valence-electron chi connectivity index (χ4n) is 2.17. The van der Waals surface area contributed by atoms with Gasteiger partial charge in [-0.25, -0.2) is 4.52 Å². The largest absolute Gasteiger partial charge is 0.772 e. The number of carbonyl (C=O) groups excluding carboxylic acids is 1. The average Bonchev–Trinajstić information content (AvgIpc) is 3.02. The Labute approximate surface area is 143 Å². The highest BCUT2D eigenvalue weighted by molar-refractivity contribution is 7.79. The Morgan fingerprint density at radius 3 is 2.58 bits per heavy atom. The van der Waals surface area contributed by atoms with Gasteiger partial charge in [-0.1, -0.05) is 31.9 Å². The van der Waals surface area contributed by atoms with Gasteiger partial charge in [-0.15, -0.1) is 10.2 Å². The maximum absolute atomic E-state index is 11.6. The monoisotopic (exact) mass is 355 g/mol. The Morgan fingerprint density at radius 2 is 2.00 bits per heavy atom. The molecule has 0 fully saturated rings. The highest BCUT2D eigenvalue weighted by atomic mass is 32.2. The number of fused-ring (bicyclic) bond motifs is 1. The van der Waals surface area contributed by atoms with Gasteiger partial charge in [0, 0.05) is 22.9 Å². The molecule has 0 saturated carbocycles. The van der Waals surface area contributed by atoms with Crippen molar-refractivity contribution in [3.8, 4) is 0 Å². The van der Waals surface area contributed by atoms with Gasteiger partial charge in [0.2, 0.25) is 0 Å². The molecule has 0 aromatic carbocycles. The third kappa shape index (κ3) is 4.21. The van der Waals surface area contributed by atoms with Crippen molar-refractivity contribution in [1.29, 1.82) is 0 Å². The molecule has 0 saturated heterocycles. The van der Waals surface area contributed by atoms with Gasteiger partial charge in [-0.05, 0) is 13.8 Å². The topological polar surface area (TPSA) is 112 Å². The molecule has 1 atom stereocenters. The van der Waals surface area contributed by atoms with E-state index in [1.165, 1.54) is 0 Å². The van der Waals surface area contributed by atoms with Crippen LogP contribution in [0.2, 0.25) is 0 Å². The van der Waals surface area contributed by atoms with E-state index in [0.717, 1.165) is 5.69 Å². The summed E-state index contributed by atoms with van der Waals surface area (Å²) in [6, 6.07) is 1.95. The molecule has 2 aromatic rings. The van der Waals surface area contributed by atoms with Crippen molar-refractivity contribution in [2.45, 2.75) is 51.9 Å². The quantitative estimate of drug-likeness (QED) is 0.620. The number of nitrogens with one attached hydrogen (secondary N) is 1. The number of H-pyrrole nitrogens is 1. The smallest absolute Gasteiger partial charge is 0.306 e. The maximum atomic E-state index is 11.6. The van der Waals surface area contributed by atoms with Gasteiger partial charge in [-0.3, -0.25) is 14.1 Å². The number of aromatic amines is 1. The average molecular weight is 355 g/mol. The van der Waals surface area contributed by atoms with Crippen LogP contribution < -0.4 is 0 Å². The van der Waals surface area contributed by atoms with Crippen LogP contribution >= 0.6 is 0 Å². The van der Waals surface area contributed by atoms with Crippen molar-refractivity contribution < 1.29 is 18.3 Å². The Morgan fingerprint density at radius 1 is 1.33 bits per heavy atom. The molecule has 0 radical (unpaired) electrons. The Balaban J connectivity index is 2.14.